The molecule has 0 spiro atoms. The molecule has 402 valence electrons. The topological polar surface area (TPSA) is 249 Å². The third-order valence-corrected chi connectivity index (χ3v) is 12.0. The fourth-order valence-electron chi connectivity index (χ4n) is 6.88. The summed E-state index contributed by atoms with van der Waals surface area (Å²) in [5.41, 5.74) is -1.71. The number of carbonyl (C=O) groups is 6. The summed E-state index contributed by atoms with van der Waals surface area (Å²) >= 11 is 1.93. The van der Waals surface area contributed by atoms with E-state index >= 15 is 0 Å². The lowest BCUT2D eigenvalue weighted by atomic mass is 10.0. The third kappa shape index (κ3) is 16.2. The number of methoxy groups -OCH3 is 1. The number of rotatable bonds is 19. The summed E-state index contributed by atoms with van der Waals surface area (Å²) in [5, 5.41) is 7.66. The molecule has 2 atom stereocenters. The van der Waals surface area contributed by atoms with E-state index in [-0.39, 0.29) is 54.5 Å². The van der Waals surface area contributed by atoms with Crippen LogP contribution in [-0.2, 0) is 51.3 Å². The van der Waals surface area contributed by atoms with Gasteiger partial charge in [-0.1, -0.05) is 17.3 Å². The zero-order chi connectivity index (χ0) is 54.7. The SMILES string of the molecule is COc1ccc(COC(=O)C2=C(C[n+]3cccc(N(CCCN(C)C(=O)OC(C)(C)C)C(=O)OC(C)(C)C)c3N=CN(C)C)CSC3C(NC(=O)C(=NOCF)c4nsc(NC(=O)OC(C)(C)C)n4)C(=O)N23)cc1. The number of halogens is 1. The van der Waals surface area contributed by atoms with Gasteiger partial charge in [0.25, 0.3) is 18.7 Å². The molecule has 2 aliphatic rings. The van der Waals surface area contributed by atoms with E-state index in [2.05, 4.69) is 30.0 Å². The van der Waals surface area contributed by atoms with Gasteiger partial charge in [0.2, 0.25) is 23.0 Å². The maximum Gasteiger partial charge on any atom is 0.415 e. The van der Waals surface area contributed by atoms with Crippen LogP contribution in [0.15, 0.2) is 64.0 Å². The average molecular weight is 1070 g/mol. The molecule has 2 aliphatic heterocycles. The molecule has 2 aromatic heterocycles. The smallest absolute Gasteiger partial charge is 0.415 e. The predicted octanol–water partition coefficient (Wildman–Crippen LogP) is 6.15. The van der Waals surface area contributed by atoms with Gasteiger partial charge in [0.1, 0.15) is 58.5 Å². The Balaban J connectivity index is 1.51. The number of thioether (sulfide) groups is 1. The summed E-state index contributed by atoms with van der Waals surface area (Å²) < 4.78 is 46.9. The first-order valence-corrected chi connectivity index (χ1v) is 25.1. The van der Waals surface area contributed by atoms with Crippen molar-refractivity contribution in [3.05, 3.63) is 65.3 Å². The van der Waals surface area contributed by atoms with E-state index < -0.39 is 76.9 Å². The minimum Gasteiger partial charge on any atom is -0.497 e. The fraction of sp³-hybridized carbons (Fsp3) is 0.521. The van der Waals surface area contributed by atoms with Crippen molar-refractivity contribution < 1.29 is 66.2 Å². The lowest BCUT2D eigenvalue weighted by Gasteiger charge is -2.49. The Hall–Kier alpha value is -7.09. The zero-order valence-corrected chi connectivity index (χ0v) is 45.5. The highest BCUT2D eigenvalue weighted by molar-refractivity contribution is 8.00. The maximum atomic E-state index is 14.4. The van der Waals surface area contributed by atoms with E-state index in [0.717, 1.165) is 0 Å². The Morgan fingerprint density at radius 3 is 2.22 bits per heavy atom. The Labute approximate surface area is 437 Å². The van der Waals surface area contributed by atoms with Gasteiger partial charge in [-0.2, -0.15) is 9.36 Å². The van der Waals surface area contributed by atoms with Gasteiger partial charge in [0.15, 0.2) is 0 Å². The Morgan fingerprint density at radius 1 is 0.932 bits per heavy atom. The maximum absolute atomic E-state index is 14.4. The molecular formula is C48H65FN11O12S2+. The molecule has 23 nitrogen and oxygen atoms in total. The van der Waals surface area contributed by atoms with Crippen LogP contribution in [0.2, 0.25) is 0 Å². The molecule has 1 aromatic carbocycles. The molecule has 4 heterocycles. The molecular weight excluding hydrogens is 1010 g/mol. The number of alkyl halides is 1. The van der Waals surface area contributed by atoms with Gasteiger partial charge >= 0.3 is 30.1 Å². The number of pyridine rings is 1. The first kappa shape index (κ1) is 57.8. The standard InChI is InChI=1S/C48H64FN11O12S2/c1-46(2,3)70-43(64)53-42-52-36(55-74-42)33(54-69-27-49)38(61)51-34-39(62)60-35(41(63)68-25-29-17-19-31(67-13)20-18-29)30(26-73-40(34)60)24-58-22-14-16-32(37(58)50-28-56(10)11)59(45(66)72-48(7,8)9)23-15-21-57(12)44(65)71-47(4,5)6/h14,16-20,22,28,34,40H,15,21,23-27H2,1-13H3,(H-,51,52,53,55,61,64)/p+1. The number of aliphatic imine (C=N–C) groups is 1. The van der Waals surface area contributed by atoms with Crippen LogP contribution in [0, 0.1) is 0 Å². The van der Waals surface area contributed by atoms with Crippen LogP contribution in [-0.4, -0.2) is 154 Å². The van der Waals surface area contributed by atoms with E-state index in [4.69, 9.17) is 28.7 Å². The number of nitrogens with one attached hydrogen (secondary N) is 2. The minimum atomic E-state index is -1.41. The van der Waals surface area contributed by atoms with Crippen LogP contribution in [0.5, 0.6) is 5.75 Å². The number of nitrogens with zero attached hydrogens (tertiary/aromatic N) is 9. The summed E-state index contributed by atoms with van der Waals surface area (Å²) in [6, 6.07) is 9.04. The van der Waals surface area contributed by atoms with Crippen LogP contribution in [0.3, 0.4) is 0 Å². The molecule has 3 aromatic rings. The van der Waals surface area contributed by atoms with Crippen LogP contribution < -0.4 is 24.8 Å². The summed E-state index contributed by atoms with van der Waals surface area (Å²) in [6.07, 6.45) is 1.52. The van der Waals surface area contributed by atoms with E-state index in [1.54, 1.807) is 142 Å². The number of anilines is 2. The molecule has 0 saturated carbocycles. The van der Waals surface area contributed by atoms with Gasteiger partial charge in [-0.3, -0.25) is 24.7 Å². The van der Waals surface area contributed by atoms with Crippen molar-refractivity contribution in [2.24, 2.45) is 10.1 Å². The number of esters is 1. The van der Waals surface area contributed by atoms with Crippen molar-refractivity contribution in [1.29, 1.82) is 0 Å². The number of amides is 5. The fourth-order valence-corrected chi connectivity index (χ4v) is 8.78. The van der Waals surface area contributed by atoms with Gasteiger partial charge in [-0.05, 0) is 104 Å². The highest BCUT2D eigenvalue weighted by atomic mass is 32.2. The van der Waals surface area contributed by atoms with Crippen molar-refractivity contribution in [3.63, 3.8) is 0 Å². The van der Waals surface area contributed by atoms with E-state index in [1.165, 1.54) is 33.6 Å². The first-order valence-electron chi connectivity index (χ1n) is 23.2. The summed E-state index contributed by atoms with van der Waals surface area (Å²) in [4.78, 5) is 101. The summed E-state index contributed by atoms with van der Waals surface area (Å²) in [7, 11) is 6.67. The lowest BCUT2D eigenvalue weighted by molar-refractivity contribution is -0.675. The second-order valence-corrected chi connectivity index (χ2v) is 21.8. The second kappa shape index (κ2) is 24.8. The first-order chi connectivity index (χ1) is 34.7. The van der Waals surface area contributed by atoms with Gasteiger partial charge in [0, 0.05) is 57.1 Å². The molecule has 0 aliphatic carbocycles. The van der Waals surface area contributed by atoms with E-state index in [9.17, 15) is 33.2 Å². The number of carbonyl (C=O) groups excluding carboxylic acids is 6. The van der Waals surface area contributed by atoms with Gasteiger partial charge < -0.3 is 43.6 Å². The van der Waals surface area contributed by atoms with Gasteiger partial charge in [-0.25, -0.2) is 28.1 Å². The molecule has 26 heteroatoms. The van der Waals surface area contributed by atoms with Gasteiger partial charge in [-0.15, -0.1) is 11.8 Å². The Kier molecular flexibility index (Phi) is 19.3. The summed E-state index contributed by atoms with van der Waals surface area (Å²) in [6.45, 7) is 14.2. The number of oxime groups is 1. The van der Waals surface area contributed by atoms with Crippen molar-refractivity contribution in [2.45, 2.75) is 110 Å². The molecule has 2 unspecified atom stereocenters. The predicted molar refractivity (Wildman–Crippen MR) is 274 cm³/mol. The quantitative estimate of drug-likeness (QED) is 0.0260. The number of aromatic nitrogens is 3. The Morgan fingerprint density at radius 2 is 1.59 bits per heavy atom. The van der Waals surface area contributed by atoms with Crippen LogP contribution in [0.25, 0.3) is 0 Å². The lowest BCUT2D eigenvalue weighted by Crippen LogP contribution is -2.71. The normalized spacial score (nSPS) is 15.9. The number of fused-ring (bicyclic) bond motifs is 1. The molecule has 74 heavy (non-hydrogen) atoms. The number of hydrogen-bond acceptors (Lipinski definition) is 18. The highest BCUT2D eigenvalue weighted by Gasteiger charge is 2.55. The number of ether oxygens (including phenoxy) is 5. The molecule has 0 bridgehead atoms. The van der Waals surface area contributed by atoms with Crippen LogP contribution >= 0.6 is 23.3 Å². The number of β-lactam (4-membered cyclic amide) rings is 1. The molecule has 5 rings (SSSR count). The molecule has 2 N–H and O–H groups in total. The zero-order valence-electron chi connectivity index (χ0n) is 43.8. The van der Waals surface area contributed by atoms with Crippen molar-refractivity contribution >= 4 is 88.0 Å². The molecule has 1 saturated heterocycles. The molecule has 0 radical (unpaired) electrons. The van der Waals surface area contributed by atoms with Gasteiger partial charge in [0.05, 0.1) is 13.3 Å². The Bertz CT molecular complexity index is 2630. The van der Waals surface area contributed by atoms with E-state index in [0.29, 0.717) is 40.5 Å². The van der Waals surface area contributed by atoms with Crippen LogP contribution in [0.1, 0.15) is 80.1 Å². The molecule has 1 fully saturated rings. The average Bonchev–Trinajstić information content (AvgIpc) is 3.76. The third-order valence-electron chi connectivity index (χ3n) is 10.0. The second-order valence-electron chi connectivity index (χ2n) is 19.9. The van der Waals surface area contributed by atoms with Crippen LogP contribution in [0.4, 0.5) is 35.4 Å². The number of benzene rings is 1. The number of hydrogen-bond donors (Lipinski definition) is 2. The van der Waals surface area contributed by atoms with Crippen molar-refractivity contribution in [3.8, 4) is 5.75 Å². The highest BCUT2D eigenvalue weighted by Crippen LogP contribution is 2.41. The summed E-state index contributed by atoms with van der Waals surface area (Å²) in [5.74, 6) is -1.88. The van der Waals surface area contributed by atoms with E-state index in [1.807, 2.05) is 0 Å². The van der Waals surface area contributed by atoms with Crippen molar-refractivity contribution in [2.75, 3.05) is 64.2 Å². The largest absolute Gasteiger partial charge is 0.497 e. The monoisotopic (exact) mass is 1070 g/mol. The minimum absolute atomic E-state index is 0.0441. The van der Waals surface area contributed by atoms with Crippen molar-refractivity contribution in [1.82, 2.24) is 29.4 Å². The molecule has 5 amide bonds.